The van der Waals surface area contributed by atoms with Crippen LogP contribution in [0.5, 0.6) is 23.0 Å². The molecule has 0 radical (unpaired) electrons. The second-order valence-electron chi connectivity index (χ2n) is 8.99. The van der Waals surface area contributed by atoms with Gasteiger partial charge >= 0.3 is 0 Å². The van der Waals surface area contributed by atoms with Crippen LogP contribution in [0.15, 0.2) is 84.9 Å². The van der Waals surface area contributed by atoms with Crippen molar-refractivity contribution >= 4 is 11.4 Å². The lowest BCUT2D eigenvalue weighted by atomic mass is 9.66. The number of hydrogen-bond acceptors (Lipinski definition) is 6. The fraction of sp³-hybridized carbons (Fsp3) is 0.200. The zero-order chi connectivity index (χ0) is 24.9. The van der Waals surface area contributed by atoms with Gasteiger partial charge in [0.25, 0.3) is 0 Å². The number of nitrogens with one attached hydrogen (secondary N) is 2. The van der Waals surface area contributed by atoms with Gasteiger partial charge in [0.15, 0.2) is 0 Å². The third-order valence-corrected chi connectivity index (χ3v) is 7.43. The van der Waals surface area contributed by atoms with Gasteiger partial charge in [-0.1, -0.05) is 60.7 Å². The summed E-state index contributed by atoms with van der Waals surface area (Å²) in [6, 6.07) is 28.9. The van der Waals surface area contributed by atoms with Gasteiger partial charge in [-0.05, 0) is 11.1 Å². The van der Waals surface area contributed by atoms with E-state index in [1.54, 1.807) is 28.4 Å². The van der Waals surface area contributed by atoms with Gasteiger partial charge in [-0.15, -0.1) is 0 Å². The zero-order valence-electron chi connectivity index (χ0n) is 20.7. The molecular weight excluding hydrogens is 452 g/mol. The number of ether oxygens (including phenoxy) is 4. The van der Waals surface area contributed by atoms with E-state index in [1.807, 2.05) is 36.4 Å². The van der Waals surface area contributed by atoms with Crippen molar-refractivity contribution in [2.24, 2.45) is 0 Å². The molecule has 2 aliphatic heterocycles. The summed E-state index contributed by atoms with van der Waals surface area (Å²) in [6.07, 6.45) is 0. The van der Waals surface area contributed by atoms with Crippen LogP contribution < -0.4 is 29.6 Å². The van der Waals surface area contributed by atoms with Crippen molar-refractivity contribution in [1.29, 1.82) is 0 Å². The topological polar surface area (TPSA) is 61.0 Å². The highest BCUT2D eigenvalue weighted by Gasteiger charge is 2.67. The van der Waals surface area contributed by atoms with Gasteiger partial charge in [-0.2, -0.15) is 0 Å². The second-order valence-corrected chi connectivity index (χ2v) is 8.99. The van der Waals surface area contributed by atoms with Gasteiger partial charge in [0.05, 0.1) is 39.6 Å². The monoisotopic (exact) mass is 480 g/mol. The van der Waals surface area contributed by atoms with Crippen LogP contribution in [0.1, 0.15) is 22.3 Å². The van der Waals surface area contributed by atoms with Gasteiger partial charge < -0.3 is 29.6 Å². The molecule has 36 heavy (non-hydrogen) atoms. The molecule has 2 atom stereocenters. The summed E-state index contributed by atoms with van der Waals surface area (Å²) >= 11 is 0. The van der Waals surface area contributed by atoms with Crippen molar-refractivity contribution in [3.63, 3.8) is 0 Å². The van der Waals surface area contributed by atoms with E-state index in [-0.39, 0.29) is 0 Å². The molecule has 2 aliphatic rings. The first-order chi connectivity index (χ1) is 17.6. The quantitative estimate of drug-likeness (QED) is 0.366. The molecule has 0 spiro atoms. The molecule has 0 unspecified atom stereocenters. The summed E-state index contributed by atoms with van der Waals surface area (Å²) in [7, 11) is 6.73. The summed E-state index contributed by atoms with van der Waals surface area (Å²) < 4.78 is 23.3. The molecule has 6 rings (SSSR count). The van der Waals surface area contributed by atoms with Crippen LogP contribution in [-0.2, 0) is 11.1 Å². The van der Waals surface area contributed by atoms with E-state index < -0.39 is 11.1 Å². The molecule has 0 saturated carbocycles. The summed E-state index contributed by atoms with van der Waals surface area (Å²) in [5, 5.41) is 7.88. The fourth-order valence-corrected chi connectivity index (χ4v) is 6.04. The van der Waals surface area contributed by atoms with Crippen LogP contribution in [0.2, 0.25) is 0 Å². The van der Waals surface area contributed by atoms with E-state index >= 15 is 0 Å². The third-order valence-electron chi connectivity index (χ3n) is 7.43. The van der Waals surface area contributed by atoms with Gasteiger partial charge in [0, 0.05) is 35.6 Å². The molecule has 0 amide bonds. The Bertz CT molecular complexity index is 1330. The van der Waals surface area contributed by atoms with E-state index in [9.17, 15) is 0 Å². The van der Waals surface area contributed by atoms with Crippen LogP contribution in [0, 0.1) is 0 Å². The predicted octanol–water partition coefficient (Wildman–Crippen LogP) is 5.76. The number of fused-ring (bicyclic) bond motifs is 5. The molecule has 2 heterocycles. The first-order valence-corrected chi connectivity index (χ1v) is 11.8. The Balaban J connectivity index is 1.81. The van der Waals surface area contributed by atoms with E-state index in [2.05, 4.69) is 59.2 Å². The highest BCUT2D eigenvalue weighted by atomic mass is 16.5. The van der Waals surface area contributed by atoms with Crippen molar-refractivity contribution in [2.45, 2.75) is 11.1 Å². The third kappa shape index (κ3) is 2.72. The molecule has 0 saturated heterocycles. The minimum absolute atomic E-state index is 0.714. The molecular formula is C30H28N2O4. The number of rotatable bonds is 6. The van der Waals surface area contributed by atoms with Gasteiger partial charge in [-0.3, -0.25) is 0 Å². The maximum atomic E-state index is 6.02. The minimum atomic E-state index is -0.773. The van der Waals surface area contributed by atoms with Crippen LogP contribution >= 0.6 is 0 Å². The molecule has 6 nitrogen and oxygen atoms in total. The summed E-state index contributed by atoms with van der Waals surface area (Å²) in [4.78, 5) is 0. The second kappa shape index (κ2) is 8.12. The lowest BCUT2D eigenvalue weighted by molar-refractivity contribution is 0.363. The smallest absolute Gasteiger partial charge is 0.130 e. The molecule has 4 aromatic carbocycles. The Morgan fingerprint density at radius 1 is 0.500 bits per heavy atom. The molecule has 6 heteroatoms. The Hall–Kier alpha value is -4.32. The maximum Gasteiger partial charge on any atom is 0.130 e. The van der Waals surface area contributed by atoms with Crippen LogP contribution in [0.4, 0.5) is 11.4 Å². The Morgan fingerprint density at radius 3 is 1.22 bits per heavy atom. The average molecular weight is 481 g/mol. The number of benzene rings is 4. The minimum Gasteiger partial charge on any atom is -0.497 e. The molecule has 2 N–H and O–H groups in total. The van der Waals surface area contributed by atoms with E-state index in [1.165, 1.54) is 0 Å². The highest BCUT2D eigenvalue weighted by molar-refractivity contribution is 5.88. The molecule has 0 aromatic heterocycles. The lowest BCUT2D eigenvalue weighted by Crippen LogP contribution is -2.51. The molecule has 0 fully saturated rings. The summed E-state index contributed by atoms with van der Waals surface area (Å²) in [5.41, 5.74) is 4.47. The Kier molecular flexibility index (Phi) is 5.00. The van der Waals surface area contributed by atoms with Gasteiger partial charge in [-0.25, -0.2) is 0 Å². The molecule has 182 valence electrons. The van der Waals surface area contributed by atoms with E-state index in [0.717, 1.165) is 45.1 Å². The SMILES string of the molecule is COc1cc2c(c(OC)c1)[C@@]1(c3ccccc3)Nc3cc(OC)cc(OC)c3[C@@]1(c1ccccc1)N2. The van der Waals surface area contributed by atoms with Crippen LogP contribution in [0.25, 0.3) is 0 Å². The largest absolute Gasteiger partial charge is 0.497 e. The predicted molar refractivity (Wildman–Crippen MR) is 141 cm³/mol. The van der Waals surface area contributed by atoms with Gasteiger partial charge in [0.2, 0.25) is 0 Å². The Labute approximate surface area is 210 Å². The number of methoxy groups -OCH3 is 4. The zero-order valence-corrected chi connectivity index (χ0v) is 20.7. The first-order valence-electron chi connectivity index (χ1n) is 11.8. The standard InChI is InChI=1S/C30H28N2O4/c1-33-21-15-23-27(25(17-21)35-3)29(19-11-7-5-8-12-19)30(31-23,20-13-9-6-10-14-20)28-24(32-29)16-22(34-2)18-26(28)36-4/h5-18,31-32H,1-4H3/t29-,30-/m1/s1. The number of anilines is 2. The summed E-state index contributed by atoms with van der Waals surface area (Å²) in [5.74, 6) is 2.88. The fourth-order valence-electron chi connectivity index (χ4n) is 6.04. The summed E-state index contributed by atoms with van der Waals surface area (Å²) in [6.45, 7) is 0. The molecule has 0 bridgehead atoms. The van der Waals surface area contributed by atoms with Crippen molar-refractivity contribution < 1.29 is 18.9 Å². The highest BCUT2D eigenvalue weighted by Crippen LogP contribution is 2.68. The normalized spacial score (nSPS) is 20.9. The van der Waals surface area contributed by atoms with Crippen molar-refractivity contribution in [1.82, 2.24) is 0 Å². The molecule has 0 aliphatic carbocycles. The van der Waals surface area contributed by atoms with Crippen molar-refractivity contribution in [2.75, 3.05) is 39.1 Å². The first kappa shape index (κ1) is 22.2. The van der Waals surface area contributed by atoms with Gasteiger partial charge in [0.1, 0.15) is 34.1 Å². The molecule has 4 aromatic rings. The lowest BCUT2D eigenvalue weighted by Gasteiger charge is -2.42. The number of hydrogen-bond donors (Lipinski definition) is 2. The maximum absolute atomic E-state index is 6.02. The van der Waals surface area contributed by atoms with Crippen molar-refractivity contribution in [3.8, 4) is 23.0 Å². The average Bonchev–Trinajstić information content (AvgIpc) is 3.40. The van der Waals surface area contributed by atoms with Crippen LogP contribution in [0.3, 0.4) is 0 Å². The van der Waals surface area contributed by atoms with Crippen molar-refractivity contribution in [3.05, 3.63) is 107 Å². The Morgan fingerprint density at radius 2 is 0.889 bits per heavy atom. The van der Waals surface area contributed by atoms with Crippen LogP contribution in [-0.4, -0.2) is 28.4 Å². The van der Waals surface area contributed by atoms with E-state index in [4.69, 9.17) is 18.9 Å². The van der Waals surface area contributed by atoms with E-state index in [0.29, 0.717) is 11.5 Å².